The summed E-state index contributed by atoms with van der Waals surface area (Å²) in [6.45, 7) is 11.2. The van der Waals surface area contributed by atoms with Gasteiger partial charge in [0.15, 0.2) is 0 Å². The molecule has 0 radical (unpaired) electrons. The van der Waals surface area contributed by atoms with E-state index in [0.29, 0.717) is 29.8 Å². The van der Waals surface area contributed by atoms with Gasteiger partial charge in [-0.3, -0.25) is 4.79 Å². The van der Waals surface area contributed by atoms with Crippen molar-refractivity contribution in [1.82, 2.24) is 0 Å². The Morgan fingerprint density at radius 1 is 1.31 bits per heavy atom. The molecule has 2 fully saturated rings. The maximum Gasteiger partial charge on any atom is 0.302 e. The molecular weight excluding hydrogens is 324 g/mol. The molecule has 0 aliphatic heterocycles. The topological polar surface area (TPSA) is 46.5 Å². The Kier molecular flexibility index (Phi) is 4.01. The number of esters is 1. The van der Waals surface area contributed by atoms with Crippen LogP contribution in [0.25, 0.3) is 0 Å². The van der Waals surface area contributed by atoms with Crippen molar-refractivity contribution in [3.05, 3.63) is 22.8 Å². The average Bonchev–Trinajstić information content (AvgIpc) is 3.05. The van der Waals surface area contributed by atoms with E-state index < -0.39 is 5.60 Å². The van der Waals surface area contributed by atoms with Crippen LogP contribution in [-0.4, -0.2) is 23.3 Å². The molecule has 0 aromatic rings. The molecule has 4 aliphatic rings. The lowest BCUT2D eigenvalue weighted by Gasteiger charge is -2.58. The third-order valence-electron chi connectivity index (χ3n) is 8.41. The van der Waals surface area contributed by atoms with Gasteiger partial charge in [-0.25, -0.2) is 0 Å². The van der Waals surface area contributed by atoms with E-state index in [4.69, 9.17) is 4.74 Å². The van der Waals surface area contributed by atoms with Crippen LogP contribution in [0.3, 0.4) is 0 Å². The van der Waals surface area contributed by atoms with Crippen molar-refractivity contribution in [3.8, 4) is 0 Å². The minimum Gasteiger partial charge on any atom is -0.461 e. The minimum absolute atomic E-state index is 0.0964. The molecule has 5 atom stereocenters. The third-order valence-corrected chi connectivity index (χ3v) is 8.41. The summed E-state index contributed by atoms with van der Waals surface area (Å²) < 4.78 is 5.30. The first-order valence-electron chi connectivity index (χ1n) is 10.4. The quantitative estimate of drug-likeness (QED) is 0.582. The number of hydrogen-bond donors (Lipinski definition) is 1. The third kappa shape index (κ3) is 2.38. The lowest BCUT2D eigenvalue weighted by molar-refractivity contribution is -0.140. The summed E-state index contributed by atoms with van der Waals surface area (Å²) >= 11 is 0. The first-order valence-corrected chi connectivity index (χ1v) is 10.4. The second-order valence-corrected chi connectivity index (χ2v) is 10.2. The molecule has 2 bridgehead atoms. The largest absolute Gasteiger partial charge is 0.461 e. The van der Waals surface area contributed by atoms with Gasteiger partial charge in [0.2, 0.25) is 0 Å². The van der Waals surface area contributed by atoms with E-state index in [0.717, 1.165) is 24.8 Å². The number of ether oxygens (including phenoxy) is 1. The van der Waals surface area contributed by atoms with Crippen molar-refractivity contribution in [2.45, 2.75) is 78.7 Å². The van der Waals surface area contributed by atoms with Gasteiger partial charge in [0.05, 0.1) is 5.60 Å². The van der Waals surface area contributed by atoms with Crippen LogP contribution >= 0.6 is 0 Å². The molecule has 0 amide bonds. The van der Waals surface area contributed by atoms with Crippen molar-refractivity contribution in [2.75, 3.05) is 6.61 Å². The Morgan fingerprint density at radius 2 is 2.04 bits per heavy atom. The zero-order valence-electron chi connectivity index (χ0n) is 17.0. The summed E-state index contributed by atoms with van der Waals surface area (Å²) in [5, 5.41) is 11.7. The van der Waals surface area contributed by atoms with Crippen molar-refractivity contribution < 1.29 is 14.6 Å². The molecule has 1 N–H and O–H groups in total. The lowest BCUT2D eigenvalue weighted by atomic mass is 9.47. The van der Waals surface area contributed by atoms with E-state index in [9.17, 15) is 9.90 Å². The molecule has 2 saturated carbocycles. The highest BCUT2D eigenvalue weighted by atomic mass is 16.5. The van der Waals surface area contributed by atoms with Crippen molar-refractivity contribution in [2.24, 2.45) is 28.6 Å². The van der Waals surface area contributed by atoms with Crippen LogP contribution in [0.1, 0.15) is 73.1 Å². The van der Waals surface area contributed by atoms with Crippen molar-refractivity contribution >= 4 is 5.97 Å². The van der Waals surface area contributed by atoms with E-state index in [2.05, 4.69) is 33.8 Å². The van der Waals surface area contributed by atoms with E-state index in [1.807, 2.05) is 0 Å². The van der Waals surface area contributed by atoms with Gasteiger partial charge in [0.1, 0.15) is 6.61 Å². The van der Waals surface area contributed by atoms with Crippen LogP contribution in [0.2, 0.25) is 0 Å². The van der Waals surface area contributed by atoms with Crippen LogP contribution in [0, 0.1) is 28.6 Å². The fourth-order valence-corrected chi connectivity index (χ4v) is 6.75. The van der Waals surface area contributed by atoms with Crippen LogP contribution in [0.5, 0.6) is 0 Å². The van der Waals surface area contributed by atoms with Crippen LogP contribution in [0.4, 0.5) is 0 Å². The second-order valence-electron chi connectivity index (χ2n) is 10.2. The molecule has 3 nitrogen and oxygen atoms in total. The maximum atomic E-state index is 11.7. The first kappa shape index (κ1) is 18.3. The van der Waals surface area contributed by atoms with Crippen molar-refractivity contribution in [3.63, 3.8) is 0 Å². The van der Waals surface area contributed by atoms with Gasteiger partial charge in [-0.05, 0) is 73.3 Å². The van der Waals surface area contributed by atoms with E-state index in [-0.39, 0.29) is 11.4 Å². The van der Waals surface area contributed by atoms with Gasteiger partial charge in [-0.15, -0.1) is 0 Å². The molecule has 144 valence electrons. The Balaban J connectivity index is 1.74. The highest BCUT2D eigenvalue weighted by Crippen LogP contribution is 2.69. The van der Waals surface area contributed by atoms with Gasteiger partial charge in [-0.1, -0.05) is 38.8 Å². The Hall–Kier alpha value is -1.09. The lowest BCUT2D eigenvalue weighted by Crippen LogP contribution is -2.56. The predicted molar refractivity (Wildman–Crippen MR) is 102 cm³/mol. The van der Waals surface area contributed by atoms with Crippen molar-refractivity contribution in [1.29, 1.82) is 0 Å². The molecule has 0 aromatic heterocycles. The highest BCUT2D eigenvalue weighted by Gasteiger charge is 2.64. The number of hydrogen-bond acceptors (Lipinski definition) is 3. The summed E-state index contributed by atoms with van der Waals surface area (Å²) in [5.41, 5.74) is 3.97. The second kappa shape index (κ2) is 5.70. The smallest absolute Gasteiger partial charge is 0.302 e. The van der Waals surface area contributed by atoms with Gasteiger partial charge in [-0.2, -0.15) is 0 Å². The maximum absolute atomic E-state index is 11.7. The number of carbonyl (C=O) groups is 1. The Morgan fingerprint density at radius 3 is 2.69 bits per heavy atom. The molecule has 0 saturated heterocycles. The van der Waals surface area contributed by atoms with Crippen LogP contribution in [-0.2, 0) is 9.53 Å². The summed E-state index contributed by atoms with van der Waals surface area (Å²) in [4.78, 5) is 11.3. The standard InChI is InChI=1S/C23H34O3/c1-14(2)18-6-7-21(4)8-9-22(5)19(20(18)21)10-16-11-23(22,25)12-17(16)13-26-15(3)24/h12,14,16,19,25H,6-11,13H2,1-5H3/t16-,19+,21+,22+,23+/m0/s1. The average molecular weight is 359 g/mol. The Bertz CT molecular complexity index is 702. The van der Waals surface area contributed by atoms with Crippen LogP contribution < -0.4 is 0 Å². The number of aliphatic hydroxyl groups is 1. The van der Waals surface area contributed by atoms with E-state index in [1.54, 1.807) is 11.1 Å². The molecule has 26 heavy (non-hydrogen) atoms. The molecule has 4 rings (SSSR count). The summed E-state index contributed by atoms with van der Waals surface area (Å²) in [6, 6.07) is 0. The van der Waals surface area contributed by atoms with E-state index >= 15 is 0 Å². The fraction of sp³-hybridized carbons (Fsp3) is 0.783. The van der Waals surface area contributed by atoms with Gasteiger partial charge in [0.25, 0.3) is 0 Å². The minimum atomic E-state index is -0.755. The molecule has 0 heterocycles. The van der Waals surface area contributed by atoms with Crippen LogP contribution in [0.15, 0.2) is 22.8 Å². The Labute approximate surface area is 157 Å². The normalized spacial score (nSPS) is 44.0. The monoisotopic (exact) mass is 358 g/mol. The fourth-order valence-electron chi connectivity index (χ4n) is 6.75. The zero-order chi connectivity index (χ0) is 18.9. The number of fused-ring (bicyclic) bond motifs is 6. The molecule has 0 unspecified atom stereocenters. The molecule has 4 aliphatic carbocycles. The number of carbonyl (C=O) groups excluding carboxylic acids is 1. The number of rotatable bonds is 3. The zero-order valence-corrected chi connectivity index (χ0v) is 17.0. The summed E-state index contributed by atoms with van der Waals surface area (Å²) in [7, 11) is 0. The SMILES string of the molecule is CC(=O)OCC1=C[C@]2(O)C[C@@H]1C[C@@H]1C3=C(C(C)C)CC[C@]3(C)CC[C@]12C. The molecular formula is C23H34O3. The number of allylic oxidation sites excluding steroid dienone is 2. The molecule has 3 heteroatoms. The first-order chi connectivity index (χ1) is 12.1. The van der Waals surface area contributed by atoms with Gasteiger partial charge in [0, 0.05) is 12.3 Å². The van der Waals surface area contributed by atoms with Gasteiger partial charge < -0.3 is 9.84 Å². The summed E-state index contributed by atoms with van der Waals surface area (Å²) in [5.74, 6) is 1.16. The molecule has 0 aromatic carbocycles. The van der Waals surface area contributed by atoms with Gasteiger partial charge >= 0.3 is 5.97 Å². The predicted octanol–water partition coefficient (Wildman–Crippen LogP) is 4.80. The van der Waals surface area contributed by atoms with E-state index in [1.165, 1.54) is 26.2 Å². The highest BCUT2D eigenvalue weighted by molar-refractivity contribution is 5.66. The summed E-state index contributed by atoms with van der Waals surface area (Å²) in [6.07, 6.45) is 8.76. The molecule has 0 spiro atoms.